The van der Waals surface area contributed by atoms with Gasteiger partial charge < -0.3 is 0 Å². The molecule has 7 heteroatoms. The zero-order valence-electron chi connectivity index (χ0n) is 11.8. The number of halogens is 3. The van der Waals surface area contributed by atoms with Crippen LogP contribution in [0.15, 0.2) is 27.1 Å². The minimum Gasteiger partial charge on any atom is -0.271 e. The first kappa shape index (κ1) is 17.4. The van der Waals surface area contributed by atoms with Gasteiger partial charge in [-0.1, -0.05) is 22.9 Å². The van der Waals surface area contributed by atoms with Gasteiger partial charge in [-0.2, -0.15) is 5.10 Å². The Kier molecular flexibility index (Phi) is 6.25. The summed E-state index contributed by atoms with van der Waals surface area (Å²) in [7, 11) is 1.97. The van der Waals surface area contributed by atoms with Crippen molar-refractivity contribution in [2.24, 2.45) is 12.9 Å². The molecule has 0 spiro atoms. The summed E-state index contributed by atoms with van der Waals surface area (Å²) in [6, 6.07) is 6.28. The number of nitrogens with two attached hydrogens (primary N) is 1. The fourth-order valence-electron chi connectivity index (χ4n) is 2.28. The highest BCUT2D eigenvalue weighted by molar-refractivity contribution is 14.1. The molecular formula is C14H17Br2IN4. The molecule has 0 saturated heterocycles. The van der Waals surface area contributed by atoms with Crippen molar-refractivity contribution in [2.75, 3.05) is 0 Å². The molecule has 1 aromatic heterocycles. The van der Waals surface area contributed by atoms with Crippen molar-refractivity contribution in [2.45, 2.75) is 25.8 Å². The molecule has 0 fully saturated rings. The zero-order valence-corrected chi connectivity index (χ0v) is 17.2. The molecule has 2 aromatic rings. The Bertz CT molecular complexity index is 642. The normalized spacial score (nSPS) is 12.7. The first-order valence-electron chi connectivity index (χ1n) is 6.59. The van der Waals surface area contributed by atoms with Crippen LogP contribution in [0, 0.1) is 3.57 Å². The highest BCUT2D eigenvalue weighted by Gasteiger charge is 2.20. The van der Waals surface area contributed by atoms with Crippen molar-refractivity contribution in [3.63, 3.8) is 0 Å². The molecule has 0 saturated carbocycles. The molecule has 3 N–H and O–H groups in total. The summed E-state index contributed by atoms with van der Waals surface area (Å²) < 4.78 is 5.24. The smallest absolute Gasteiger partial charge is 0.0766 e. The largest absolute Gasteiger partial charge is 0.271 e. The Morgan fingerprint density at radius 2 is 2.14 bits per heavy atom. The van der Waals surface area contributed by atoms with Gasteiger partial charge in [-0.3, -0.25) is 16.0 Å². The number of rotatable bonds is 5. The molecule has 0 aliphatic heterocycles. The standard InChI is InChI=1S/C14H17Br2IN4/c1-3-11-14(16)13(21(2)20-11)7-12(19-18)9-6-8(17)4-5-10(9)15/h4-6,12,19H,3,7,18H2,1-2H3. The molecule has 1 atom stereocenters. The molecule has 1 aromatic carbocycles. The molecule has 0 aliphatic carbocycles. The van der Waals surface area contributed by atoms with E-state index in [0.29, 0.717) is 0 Å². The van der Waals surface area contributed by atoms with Crippen LogP contribution in [0.25, 0.3) is 0 Å². The van der Waals surface area contributed by atoms with Gasteiger partial charge in [0.1, 0.15) is 0 Å². The van der Waals surface area contributed by atoms with Crippen LogP contribution in [-0.4, -0.2) is 9.78 Å². The van der Waals surface area contributed by atoms with Crippen LogP contribution < -0.4 is 11.3 Å². The Labute approximate surface area is 155 Å². The molecule has 1 heterocycles. The summed E-state index contributed by atoms with van der Waals surface area (Å²) in [5.74, 6) is 5.79. The Balaban J connectivity index is 2.36. The summed E-state index contributed by atoms with van der Waals surface area (Å²) in [6.07, 6.45) is 1.67. The van der Waals surface area contributed by atoms with Crippen molar-refractivity contribution in [3.8, 4) is 0 Å². The quantitative estimate of drug-likeness (QED) is 0.353. The van der Waals surface area contributed by atoms with Crippen LogP contribution in [0.2, 0.25) is 0 Å². The van der Waals surface area contributed by atoms with Crippen LogP contribution in [-0.2, 0) is 19.9 Å². The van der Waals surface area contributed by atoms with Crippen molar-refractivity contribution < 1.29 is 0 Å². The third-order valence-corrected chi connectivity index (χ3v) is 5.74. The number of nitrogens with zero attached hydrogens (tertiary/aromatic N) is 2. The van der Waals surface area contributed by atoms with Crippen molar-refractivity contribution in [1.29, 1.82) is 0 Å². The molecule has 0 radical (unpaired) electrons. The van der Waals surface area contributed by atoms with E-state index in [1.165, 1.54) is 3.57 Å². The summed E-state index contributed by atoms with van der Waals surface area (Å²) in [6.45, 7) is 2.10. The van der Waals surface area contributed by atoms with Crippen LogP contribution in [0.4, 0.5) is 0 Å². The van der Waals surface area contributed by atoms with E-state index in [0.717, 1.165) is 38.7 Å². The lowest BCUT2D eigenvalue weighted by atomic mass is 10.0. The molecule has 114 valence electrons. The van der Waals surface area contributed by atoms with E-state index in [4.69, 9.17) is 5.84 Å². The lowest BCUT2D eigenvalue weighted by Gasteiger charge is -2.18. The van der Waals surface area contributed by atoms with Gasteiger partial charge in [0.25, 0.3) is 0 Å². The van der Waals surface area contributed by atoms with Gasteiger partial charge in [-0.05, 0) is 68.7 Å². The van der Waals surface area contributed by atoms with Crippen LogP contribution in [0.3, 0.4) is 0 Å². The van der Waals surface area contributed by atoms with E-state index in [2.05, 4.69) is 90.1 Å². The van der Waals surface area contributed by atoms with Crippen LogP contribution >= 0.6 is 54.5 Å². The maximum Gasteiger partial charge on any atom is 0.0766 e. The van der Waals surface area contributed by atoms with Gasteiger partial charge in [0.05, 0.1) is 21.9 Å². The zero-order chi connectivity index (χ0) is 15.6. The highest BCUT2D eigenvalue weighted by Crippen LogP contribution is 2.30. The van der Waals surface area contributed by atoms with Gasteiger partial charge in [-0.15, -0.1) is 0 Å². The molecule has 2 rings (SSSR count). The fourth-order valence-corrected chi connectivity index (χ4v) is 4.09. The minimum atomic E-state index is 0.0190. The molecule has 0 aliphatic rings. The first-order valence-corrected chi connectivity index (χ1v) is 9.25. The lowest BCUT2D eigenvalue weighted by molar-refractivity contribution is 0.527. The monoisotopic (exact) mass is 526 g/mol. The maximum atomic E-state index is 5.79. The highest BCUT2D eigenvalue weighted by atomic mass is 127. The van der Waals surface area contributed by atoms with E-state index in [1.807, 2.05) is 11.7 Å². The lowest BCUT2D eigenvalue weighted by Crippen LogP contribution is -2.30. The topological polar surface area (TPSA) is 55.9 Å². The summed E-state index contributed by atoms with van der Waals surface area (Å²) in [5, 5.41) is 4.54. The average molecular weight is 528 g/mol. The Morgan fingerprint density at radius 1 is 1.43 bits per heavy atom. The first-order chi connectivity index (χ1) is 9.97. The van der Waals surface area contributed by atoms with Gasteiger partial charge in [0.2, 0.25) is 0 Å². The van der Waals surface area contributed by atoms with Crippen molar-refractivity contribution in [1.82, 2.24) is 15.2 Å². The van der Waals surface area contributed by atoms with Crippen molar-refractivity contribution >= 4 is 54.5 Å². The third-order valence-electron chi connectivity index (χ3n) is 3.44. The number of benzene rings is 1. The van der Waals surface area contributed by atoms with E-state index >= 15 is 0 Å². The summed E-state index contributed by atoms with van der Waals surface area (Å²) in [4.78, 5) is 0. The van der Waals surface area contributed by atoms with Gasteiger partial charge in [0, 0.05) is 21.5 Å². The second-order valence-corrected chi connectivity index (χ2v) is 7.67. The number of aryl methyl sites for hydroxylation is 2. The van der Waals surface area contributed by atoms with Crippen molar-refractivity contribution in [3.05, 3.63) is 47.7 Å². The van der Waals surface area contributed by atoms with Crippen LogP contribution in [0.1, 0.15) is 29.9 Å². The molecular weight excluding hydrogens is 511 g/mol. The number of hydrogen-bond donors (Lipinski definition) is 2. The summed E-state index contributed by atoms with van der Waals surface area (Å²) >= 11 is 9.58. The number of nitrogens with one attached hydrogen (secondary N) is 1. The predicted molar refractivity (Wildman–Crippen MR) is 101 cm³/mol. The fraction of sp³-hybridized carbons (Fsp3) is 0.357. The SMILES string of the molecule is CCc1nn(C)c(CC(NN)c2cc(I)ccc2Br)c1Br. The van der Waals surface area contributed by atoms with E-state index < -0.39 is 0 Å². The van der Waals surface area contributed by atoms with E-state index in [9.17, 15) is 0 Å². The number of hydrazine groups is 1. The van der Waals surface area contributed by atoms with Gasteiger partial charge >= 0.3 is 0 Å². The second kappa shape index (κ2) is 7.54. The van der Waals surface area contributed by atoms with E-state index in [-0.39, 0.29) is 6.04 Å². The molecule has 1 unspecified atom stereocenters. The average Bonchev–Trinajstić information content (AvgIpc) is 2.74. The third kappa shape index (κ3) is 3.87. The number of hydrogen-bond acceptors (Lipinski definition) is 3. The van der Waals surface area contributed by atoms with E-state index in [1.54, 1.807) is 0 Å². The number of aromatic nitrogens is 2. The predicted octanol–water partition coefficient (Wildman–Crippen LogP) is 3.86. The van der Waals surface area contributed by atoms with Crippen LogP contribution in [0.5, 0.6) is 0 Å². The molecule has 21 heavy (non-hydrogen) atoms. The molecule has 0 amide bonds. The second-order valence-electron chi connectivity index (χ2n) is 4.77. The molecule has 0 bridgehead atoms. The Morgan fingerprint density at radius 3 is 2.71 bits per heavy atom. The Hall–Kier alpha value is 0.0400. The maximum absolute atomic E-state index is 5.79. The molecule has 4 nitrogen and oxygen atoms in total. The summed E-state index contributed by atoms with van der Waals surface area (Å²) in [5.41, 5.74) is 6.28. The minimum absolute atomic E-state index is 0.0190. The van der Waals surface area contributed by atoms with Gasteiger partial charge in [-0.25, -0.2) is 0 Å². The van der Waals surface area contributed by atoms with Gasteiger partial charge in [0.15, 0.2) is 0 Å².